The van der Waals surface area contributed by atoms with E-state index in [1.807, 2.05) is 24.8 Å². The summed E-state index contributed by atoms with van der Waals surface area (Å²) < 4.78 is 45.6. The molecule has 47 heavy (non-hydrogen) atoms. The van der Waals surface area contributed by atoms with Gasteiger partial charge in [0.1, 0.15) is 17.9 Å². The lowest BCUT2D eigenvalue weighted by atomic mass is 9.70. The molecule has 0 bridgehead atoms. The van der Waals surface area contributed by atoms with Crippen molar-refractivity contribution < 1.29 is 31.9 Å². The van der Waals surface area contributed by atoms with Gasteiger partial charge < -0.3 is 9.80 Å². The van der Waals surface area contributed by atoms with E-state index in [1.165, 1.54) is 25.2 Å². The SMILES string of the molecule is Cc1ncnc(C)c1C(=O)N1CC2CN(CCC3(c4cccc(F)c4)CCN(CC(=O)C4CCCC4)CC3)CC2C1.O=CC(F)(F)F. The van der Waals surface area contributed by atoms with Gasteiger partial charge in [0.25, 0.3) is 5.91 Å². The molecule has 256 valence electrons. The molecular weight excluding hydrogens is 614 g/mol. The molecule has 3 aliphatic heterocycles. The molecule has 1 aliphatic carbocycles. The summed E-state index contributed by atoms with van der Waals surface area (Å²) in [5, 5.41) is 0. The summed E-state index contributed by atoms with van der Waals surface area (Å²) in [6.45, 7) is 10.7. The van der Waals surface area contributed by atoms with Gasteiger partial charge in [-0.2, -0.15) is 13.2 Å². The molecule has 1 amide bonds. The van der Waals surface area contributed by atoms with E-state index in [0.717, 1.165) is 94.9 Å². The van der Waals surface area contributed by atoms with Crippen LogP contribution in [0.2, 0.25) is 0 Å². The third-order valence-corrected chi connectivity index (χ3v) is 10.8. The minimum atomic E-state index is -4.64. The Labute approximate surface area is 273 Å². The molecule has 2 atom stereocenters. The van der Waals surface area contributed by atoms with Gasteiger partial charge in [-0.15, -0.1) is 0 Å². The van der Waals surface area contributed by atoms with Crippen LogP contribution in [-0.4, -0.2) is 101 Å². The van der Waals surface area contributed by atoms with Gasteiger partial charge in [0.2, 0.25) is 6.29 Å². The summed E-state index contributed by atoms with van der Waals surface area (Å²) in [4.78, 5) is 50.2. The Balaban J connectivity index is 0.000000662. The number of piperidine rings is 1. The van der Waals surface area contributed by atoms with Crippen LogP contribution in [-0.2, 0) is 15.0 Å². The van der Waals surface area contributed by atoms with Gasteiger partial charge in [-0.05, 0) is 101 Å². The van der Waals surface area contributed by atoms with Crippen molar-refractivity contribution in [3.63, 3.8) is 0 Å². The first-order valence-corrected chi connectivity index (χ1v) is 16.7. The number of fused-ring (bicyclic) bond motifs is 1. The summed E-state index contributed by atoms with van der Waals surface area (Å²) in [7, 11) is 0. The van der Waals surface area contributed by atoms with Crippen molar-refractivity contribution in [2.24, 2.45) is 17.8 Å². The molecule has 2 aromatic rings. The van der Waals surface area contributed by atoms with E-state index in [0.29, 0.717) is 29.7 Å². The van der Waals surface area contributed by atoms with E-state index in [1.54, 1.807) is 6.07 Å². The van der Waals surface area contributed by atoms with Crippen molar-refractivity contribution in [1.82, 2.24) is 24.7 Å². The van der Waals surface area contributed by atoms with Crippen LogP contribution in [0.4, 0.5) is 17.6 Å². The zero-order valence-electron chi connectivity index (χ0n) is 27.3. The van der Waals surface area contributed by atoms with Crippen molar-refractivity contribution in [3.8, 4) is 0 Å². The van der Waals surface area contributed by atoms with Crippen molar-refractivity contribution in [1.29, 1.82) is 0 Å². The predicted octanol–water partition coefficient (Wildman–Crippen LogP) is 5.17. The fourth-order valence-corrected chi connectivity index (χ4v) is 8.11. The molecule has 0 N–H and O–H groups in total. The van der Waals surface area contributed by atoms with Gasteiger partial charge in [0.05, 0.1) is 23.5 Å². The summed E-state index contributed by atoms with van der Waals surface area (Å²) >= 11 is 0. The number of benzene rings is 1. The Morgan fingerprint density at radius 1 is 0.957 bits per heavy atom. The number of aldehydes is 1. The first-order valence-electron chi connectivity index (χ1n) is 16.7. The van der Waals surface area contributed by atoms with E-state index in [2.05, 4.69) is 25.8 Å². The Hall–Kier alpha value is -3.25. The Morgan fingerprint density at radius 2 is 1.55 bits per heavy atom. The van der Waals surface area contributed by atoms with Crippen LogP contribution in [0.25, 0.3) is 0 Å². The molecule has 6 rings (SSSR count). The summed E-state index contributed by atoms with van der Waals surface area (Å²) in [5.74, 6) is 1.54. The second-order valence-corrected chi connectivity index (χ2v) is 13.8. The smallest absolute Gasteiger partial charge is 0.338 e. The Morgan fingerprint density at radius 3 is 2.11 bits per heavy atom. The Bertz CT molecular complexity index is 1390. The molecule has 1 aromatic carbocycles. The maximum absolute atomic E-state index is 14.4. The largest absolute Gasteiger partial charge is 0.446 e. The maximum atomic E-state index is 14.4. The van der Waals surface area contributed by atoms with Crippen molar-refractivity contribution >= 4 is 18.0 Å². The molecule has 12 heteroatoms. The highest BCUT2D eigenvalue weighted by Gasteiger charge is 2.44. The van der Waals surface area contributed by atoms with Gasteiger partial charge in [-0.3, -0.25) is 19.3 Å². The number of hydrogen-bond acceptors (Lipinski definition) is 7. The molecule has 2 unspecified atom stereocenters. The highest BCUT2D eigenvalue weighted by Crippen LogP contribution is 2.41. The van der Waals surface area contributed by atoms with E-state index >= 15 is 0 Å². The summed E-state index contributed by atoms with van der Waals surface area (Å²) in [6, 6.07) is 7.21. The van der Waals surface area contributed by atoms with E-state index in [-0.39, 0.29) is 23.1 Å². The molecule has 0 radical (unpaired) electrons. The highest BCUT2D eigenvalue weighted by molar-refractivity contribution is 5.96. The number of hydrogen-bond donors (Lipinski definition) is 0. The summed E-state index contributed by atoms with van der Waals surface area (Å²) in [5.41, 5.74) is 3.18. The number of aryl methyl sites for hydroxylation is 2. The zero-order chi connectivity index (χ0) is 33.8. The molecule has 3 saturated heterocycles. The number of ketones is 1. The van der Waals surface area contributed by atoms with Crippen LogP contribution in [0, 0.1) is 37.4 Å². The van der Waals surface area contributed by atoms with Crippen LogP contribution in [0.5, 0.6) is 0 Å². The van der Waals surface area contributed by atoms with Crippen molar-refractivity contribution in [2.75, 3.05) is 52.4 Å². The highest BCUT2D eigenvalue weighted by atomic mass is 19.4. The quantitative estimate of drug-likeness (QED) is 0.286. The monoisotopic (exact) mass is 659 g/mol. The lowest BCUT2D eigenvalue weighted by molar-refractivity contribution is -0.156. The predicted molar refractivity (Wildman–Crippen MR) is 168 cm³/mol. The van der Waals surface area contributed by atoms with Crippen LogP contribution in [0.15, 0.2) is 30.6 Å². The fraction of sp³-hybridized carbons (Fsp3) is 0.629. The van der Waals surface area contributed by atoms with Crippen LogP contribution < -0.4 is 0 Å². The second-order valence-electron chi connectivity index (χ2n) is 13.8. The maximum Gasteiger partial charge on any atom is 0.446 e. The summed E-state index contributed by atoms with van der Waals surface area (Å²) in [6.07, 6.45) is 3.21. The third-order valence-electron chi connectivity index (χ3n) is 10.8. The number of carbonyl (C=O) groups is 3. The number of alkyl halides is 3. The standard InChI is InChI=1S/C33H44FN5O2.C2HF3O/c1-23-31(24(2)36-22-35-23)32(41)39-19-26-17-38(18-27(26)20-39)15-12-33(28-8-5-9-29(34)16-28)10-13-37(14-11-33)21-30(40)25-6-3-4-7-25;3-2(4,5)1-6/h5,8-9,16,22,25-27H,3-4,6-7,10-15,17-21H2,1-2H3;1H. The van der Waals surface area contributed by atoms with Gasteiger partial charge in [-0.25, -0.2) is 14.4 Å². The van der Waals surface area contributed by atoms with Crippen molar-refractivity contribution in [2.45, 2.75) is 70.4 Å². The number of halogens is 4. The molecule has 4 aliphatic rings. The molecule has 1 saturated carbocycles. The lowest BCUT2D eigenvalue weighted by Crippen LogP contribution is -2.46. The average molecular weight is 660 g/mol. The number of rotatable bonds is 8. The lowest BCUT2D eigenvalue weighted by Gasteiger charge is -2.43. The van der Waals surface area contributed by atoms with Crippen LogP contribution in [0.1, 0.15) is 72.3 Å². The molecule has 4 heterocycles. The number of amides is 1. The number of aromatic nitrogens is 2. The van der Waals surface area contributed by atoms with Crippen LogP contribution >= 0.6 is 0 Å². The average Bonchev–Trinajstić information content (AvgIpc) is 3.79. The van der Waals surface area contributed by atoms with Gasteiger partial charge in [-0.1, -0.05) is 25.0 Å². The molecule has 0 spiro atoms. The van der Waals surface area contributed by atoms with E-state index in [9.17, 15) is 27.2 Å². The van der Waals surface area contributed by atoms with E-state index < -0.39 is 12.5 Å². The van der Waals surface area contributed by atoms with Crippen molar-refractivity contribution in [3.05, 3.63) is 58.9 Å². The fourth-order valence-electron chi connectivity index (χ4n) is 8.11. The number of carbonyl (C=O) groups excluding carboxylic acids is 3. The number of likely N-dealkylation sites (tertiary alicyclic amines) is 3. The van der Waals surface area contributed by atoms with Gasteiger partial charge in [0, 0.05) is 32.1 Å². The zero-order valence-corrected chi connectivity index (χ0v) is 27.3. The number of nitrogens with zero attached hydrogens (tertiary/aromatic N) is 5. The third kappa shape index (κ3) is 8.62. The van der Waals surface area contributed by atoms with Crippen LogP contribution in [0.3, 0.4) is 0 Å². The Kier molecular flexibility index (Phi) is 11.1. The normalized spacial score (nSPS) is 23.3. The first-order chi connectivity index (χ1) is 22.4. The topological polar surface area (TPSA) is 86.7 Å². The minimum Gasteiger partial charge on any atom is -0.338 e. The first kappa shape index (κ1) is 35.1. The van der Waals surface area contributed by atoms with E-state index in [4.69, 9.17) is 4.79 Å². The molecule has 1 aromatic heterocycles. The second kappa shape index (κ2) is 14.9. The van der Waals surface area contributed by atoms with Gasteiger partial charge in [0.15, 0.2) is 0 Å². The minimum absolute atomic E-state index is 0.0600. The molecule has 4 fully saturated rings. The van der Waals surface area contributed by atoms with Gasteiger partial charge >= 0.3 is 6.18 Å². The molecule has 8 nitrogen and oxygen atoms in total. The number of Topliss-reactive ketones (excluding diaryl/α,β-unsaturated/α-hetero) is 1. The molecular formula is C35H45F4N5O3.